The number of anilines is 4. The monoisotopic (exact) mass is 438 g/mol. The SMILES string of the molecule is Cc1ccc(C(N)=O)cc1Nc1nc(N[C@@H]2CCNC2)nc(N(C)CC2(C)CCCC2)n1. The van der Waals surface area contributed by atoms with E-state index in [1.807, 2.05) is 20.0 Å². The molecule has 5 N–H and O–H groups in total. The number of nitrogens with one attached hydrogen (secondary N) is 3. The number of nitrogens with two attached hydrogens (primary N) is 1. The van der Waals surface area contributed by atoms with Crippen molar-refractivity contribution < 1.29 is 4.79 Å². The number of primary amides is 1. The van der Waals surface area contributed by atoms with E-state index in [2.05, 4.69) is 32.8 Å². The lowest BCUT2D eigenvalue weighted by Crippen LogP contribution is -2.33. The van der Waals surface area contributed by atoms with Crippen LogP contribution in [-0.2, 0) is 0 Å². The van der Waals surface area contributed by atoms with Crippen molar-refractivity contribution in [3.8, 4) is 0 Å². The van der Waals surface area contributed by atoms with Gasteiger partial charge in [0, 0.05) is 37.4 Å². The maximum Gasteiger partial charge on any atom is 0.248 e. The molecule has 1 aliphatic carbocycles. The highest BCUT2D eigenvalue weighted by Crippen LogP contribution is 2.38. The Kier molecular flexibility index (Phi) is 6.45. The van der Waals surface area contributed by atoms with Crippen molar-refractivity contribution in [2.24, 2.45) is 11.1 Å². The zero-order chi connectivity index (χ0) is 22.7. The minimum atomic E-state index is -0.468. The van der Waals surface area contributed by atoms with E-state index in [9.17, 15) is 4.79 Å². The van der Waals surface area contributed by atoms with E-state index in [0.717, 1.165) is 37.3 Å². The van der Waals surface area contributed by atoms with Crippen molar-refractivity contribution in [3.63, 3.8) is 0 Å². The number of aryl methyl sites for hydroxylation is 1. The summed E-state index contributed by atoms with van der Waals surface area (Å²) in [5.74, 6) is 1.16. The smallest absolute Gasteiger partial charge is 0.248 e. The van der Waals surface area contributed by atoms with Gasteiger partial charge in [-0.1, -0.05) is 25.8 Å². The molecule has 2 fully saturated rings. The lowest BCUT2D eigenvalue weighted by Gasteiger charge is -2.30. The van der Waals surface area contributed by atoms with E-state index in [-0.39, 0.29) is 11.5 Å². The molecule has 2 aromatic rings. The number of rotatable bonds is 8. The number of aromatic nitrogens is 3. The molecule has 9 heteroatoms. The predicted octanol–water partition coefficient (Wildman–Crippen LogP) is 2.81. The lowest BCUT2D eigenvalue weighted by atomic mass is 9.88. The minimum Gasteiger partial charge on any atom is -0.366 e. The van der Waals surface area contributed by atoms with E-state index in [1.165, 1.54) is 25.7 Å². The van der Waals surface area contributed by atoms with Crippen LogP contribution in [0.4, 0.5) is 23.5 Å². The van der Waals surface area contributed by atoms with Gasteiger partial charge >= 0.3 is 0 Å². The fraction of sp³-hybridized carbons (Fsp3) is 0.565. The van der Waals surface area contributed by atoms with Crippen molar-refractivity contribution in [3.05, 3.63) is 29.3 Å². The maximum atomic E-state index is 11.6. The van der Waals surface area contributed by atoms with E-state index in [4.69, 9.17) is 15.7 Å². The van der Waals surface area contributed by atoms with Gasteiger partial charge in [-0.05, 0) is 55.8 Å². The van der Waals surface area contributed by atoms with Crippen LogP contribution in [0.5, 0.6) is 0 Å². The van der Waals surface area contributed by atoms with Gasteiger partial charge in [-0.25, -0.2) is 0 Å². The molecule has 4 rings (SSSR count). The molecule has 1 aromatic carbocycles. The number of nitrogens with zero attached hydrogens (tertiary/aromatic N) is 4. The van der Waals surface area contributed by atoms with Crippen LogP contribution in [0.3, 0.4) is 0 Å². The number of hydrogen-bond acceptors (Lipinski definition) is 8. The van der Waals surface area contributed by atoms with Gasteiger partial charge in [0.2, 0.25) is 23.8 Å². The summed E-state index contributed by atoms with van der Waals surface area (Å²) in [6.07, 6.45) is 6.05. The second kappa shape index (κ2) is 9.28. The number of carbonyl (C=O) groups excluding carboxylic acids is 1. The number of benzene rings is 1. The first kappa shape index (κ1) is 22.3. The van der Waals surface area contributed by atoms with Gasteiger partial charge < -0.3 is 26.6 Å². The highest BCUT2D eigenvalue weighted by Gasteiger charge is 2.31. The quantitative estimate of drug-likeness (QED) is 0.496. The number of carbonyl (C=O) groups is 1. The van der Waals surface area contributed by atoms with Gasteiger partial charge in [0.05, 0.1) is 0 Å². The molecular formula is C23H34N8O. The fourth-order valence-corrected chi connectivity index (χ4v) is 4.68. The van der Waals surface area contributed by atoms with Crippen molar-refractivity contribution in [2.75, 3.05) is 42.2 Å². The van der Waals surface area contributed by atoms with Crippen molar-refractivity contribution in [1.29, 1.82) is 0 Å². The fourth-order valence-electron chi connectivity index (χ4n) is 4.68. The van der Waals surface area contributed by atoms with Crippen molar-refractivity contribution >= 4 is 29.4 Å². The summed E-state index contributed by atoms with van der Waals surface area (Å²) in [6, 6.07) is 5.60. The Balaban J connectivity index is 1.62. The average molecular weight is 439 g/mol. The Morgan fingerprint density at radius 1 is 1.25 bits per heavy atom. The summed E-state index contributed by atoms with van der Waals surface area (Å²) in [6.45, 7) is 7.08. The van der Waals surface area contributed by atoms with Gasteiger partial charge in [0.25, 0.3) is 0 Å². The van der Waals surface area contributed by atoms with Crippen LogP contribution in [0.15, 0.2) is 18.2 Å². The molecule has 0 bridgehead atoms. The second-order valence-electron chi connectivity index (χ2n) is 9.51. The summed E-state index contributed by atoms with van der Waals surface area (Å²) in [7, 11) is 2.04. The molecule has 2 aliphatic rings. The molecule has 2 heterocycles. The summed E-state index contributed by atoms with van der Waals surface area (Å²) in [4.78, 5) is 27.8. The summed E-state index contributed by atoms with van der Waals surface area (Å²) >= 11 is 0. The zero-order valence-corrected chi connectivity index (χ0v) is 19.2. The molecule has 172 valence electrons. The van der Waals surface area contributed by atoms with Crippen LogP contribution >= 0.6 is 0 Å². The van der Waals surface area contributed by atoms with Crippen molar-refractivity contribution in [1.82, 2.24) is 20.3 Å². The summed E-state index contributed by atoms with van der Waals surface area (Å²) in [5.41, 5.74) is 7.90. The largest absolute Gasteiger partial charge is 0.366 e. The molecule has 1 aromatic heterocycles. The standard InChI is InChI=1S/C23H34N8O/c1-15-6-7-16(19(24)32)12-18(15)27-21-28-20(26-17-8-11-25-13-17)29-22(30-21)31(3)14-23(2)9-4-5-10-23/h6-7,12,17,25H,4-5,8-11,13-14H2,1-3H3,(H2,24,32)(H2,26,27,28,29,30)/t17-/m1/s1. The van der Waals surface area contributed by atoms with E-state index < -0.39 is 5.91 Å². The van der Waals surface area contributed by atoms with E-state index in [0.29, 0.717) is 23.4 Å². The molecule has 1 atom stereocenters. The van der Waals surface area contributed by atoms with Crippen LogP contribution in [-0.4, -0.2) is 53.6 Å². The predicted molar refractivity (Wildman–Crippen MR) is 128 cm³/mol. The molecule has 0 unspecified atom stereocenters. The van der Waals surface area contributed by atoms with Crippen LogP contribution in [0.2, 0.25) is 0 Å². The Hall–Kier alpha value is -2.94. The van der Waals surface area contributed by atoms with Gasteiger partial charge in [-0.3, -0.25) is 4.79 Å². The molecule has 0 spiro atoms. The summed E-state index contributed by atoms with van der Waals surface area (Å²) in [5, 5.41) is 10.1. The van der Waals surface area contributed by atoms with Gasteiger partial charge in [-0.2, -0.15) is 15.0 Å². The first-order chi connectivity index (χ1) is 15.3. The zero-order valence-electron chi connectivity index (χ0n) is 19.2. The third-order valence-electron chi connectivity index (χ3n) is 6.56. The van der Waals surface area contributed by atoms with E-state index in [1.54, 1.807) is 12.1 Å². The van der Waals surface area contributed by atoms with Crippen LogP contribution in [0, 0.1) is 12.3 Å². The van der Waals surface area contributed by atoms with Crippen LogP contribution < -0.4 is 26.6 Å². The summed E-state index contributed by atoms with van der Waals surface area (Å²) < 4.78 is 0. The van der Waals surface area contributed by atoms with Gasteiger partial charge in [0.15, 0.2) is 0 Å². The molecule has 1 aliphatic heterocycles. The van der Waals surface area contributed by atoms with E-state index >= 15 is 0 Å². The molecule has 1 saturated heterocycles. The minimum absolute atomic E-state index is 0.282. The van der Waals surface area contributed by atoms with Crippen molar-refractivity contribution in [2.45, 2.75) is 52.0 Å². The first-order valence-electron chi connectivity index (χ1n) is 11.4. The molecular weight excluding hydrogens is 404 g/mol. The highest BCUT2D eigenvalue weighted by molar-refractivity contribution is 5.94. The Morgan fingerprint density at radius 3 is 2.69 bits per heavy atom. The highest BCUT2D eigenvalue weighted by atomic mass is 16.1. The third kappa shape index (κ3) is 5.27. The first-order valence-corrected chi connectivity index (χ1v) is 11.4. The number of amides is 1. The lowest BCUT2D eigenvalue weighted by molar-refractivity contribution is 0.100. The molecule has 32 heavy (non-hydrogen) atoms. The molecule has 9 nitrogen and oxygen atoms in total. The Morgan fingerprint density at radius 2 is 2.00 bits per heavy atom. The van der Waals surface area contributed by atoms with Gasteiger partial charge in [-0.15, -0.1) is 0 Å². The average Bonchev–Trinajstić information content (AvgIpc) is 3.41. The molecule has 1 amide bonds. The molecule has 0 radical (unpaired) electrons. The maximum absolute atomic E-state index is 11.6. The Labute approximate surface area is 189 Å². The molecule has 1 saturated carbocycles. The Bertz CT molecular complexity index is 966. The topological polar surface area (TPSA) is 121 Å². The van der Waals surface area contributed by atoms with Crippen LogP contribution in [0.25, 0.3) is 0 Å². The second-order valence-corrected chi connectivity index (χ2v) is 9.51. The third-order valence-corrected chi connectivity index (χ3v) is 6.56. The number of hydrogen-bond donors (Lipinski definition) is 4. The van der Waals surface area contributed by atoms with Crippen LogP contribution in [0.1, 0.15) is 54.9 Å². The normalized spacial score (nSPS) is 19.7. The van der Waals surface area contributed by atoms with Gasteiger partial charge in [0.1, 0.15) is 0 Å².